The lowest BCUT2D eigenvalue weighted by atomic mass is 10.0. The monoisotopic (exact) mass is 258 g/mol. The lowest BCUT2D eigenvalue weighted by Crippen LogP contribution is -2.02. The highest BCUT2D eigenvalue weighted by Crippen LogP contribution is 2.13. The predicted octanol–water partition coefficient (Wildman–Crippen LogP) is 4.09. The lowest BCUT2D eigenvalue weighted by molar-refractivity contribution is 0.103. The van der Waals surface area contributed by atoms with Crippen LogP contribution < -0.4 is 0 Å². The van der Waals surface area contributed by atoms with Crippen molar-refractivity contribution in [3.8, 4) is 0 Å². The molecule has 0 amide bonds. The first-order chi connectivity index (χ1) is 8.66. The maximum atomic E-state index is 12.2. The third-order valence-electron chi connectivity index (χ3n) is 2.77. The molecule has 0 heterocycles. The number of hydrogen-bond acceptors (Lipinski definition) is 1. The van der Waals surface area contributed by atoms with Gasteiger partial charge in [-0.15, -0.1) is 11.6 Å². The van der Waals surface area contributed by atoms with E-state index in [2.05, 4.69) is 0 Å². The van der Waals surface area contributed by atoms with E-state index >= 15 is 0 Å². The molecule has 2 aromatic rings. The summed E-state index contributed by atoms with van der Waals surface area (Å²) in [5.74, 6) is 0.0565. The number of benzene rings is 2. The first-order valence-corrected chi connectivity index (χ1v) is 6.43. The molecule has 0 spiro atoms. The van der Waals surface area contributed by atoms with Crippen molar-refractivity contribution in [2.45, 2.75) is 18.7 Å². The van der Waals surface area contributed by atoms with Crippen LogP contribution in [-0.4, -0.2) is 11.2 Å². The summed E-state index contributed by atoms with van der Waals surface area (Å²) in [6.07, 6.45) is 0.821. The van der Waals surface area contributed by atoms with Crippen molar-refractivity contribution in [2.75, 3.05) is 0 Å². The quantitative estimate of drug-likeness (QED) is 0.596. The summed E-state index contributed by atoms with van der Waals surface area (Å²) < 4.78 is 0. The second-order valence-corrected chi connectivity index (χ2v) is 5.12. The van der Waals surface area contributed by atoms with Gasteiger partial charge in [0.25, 0.3) is 0 Å². The molecule has 18 heavy (non-hydrogen) atoms. The summed E-state index contributed by atoms with van der Waals surface area (Å²) in [5, 5.41) is 0.112. The van der Waals surface area contributed by atoms with E-state index in [1.54, 1.807) is 0 Å². The Balaban J connectivity index is 2.17. The van der Waals surface area contributed by atoms with Crippen molar-refractivity contribution in [1.82, 2.24) is 0 Å². The maximum Gasteiger partial charge on any atom is 0.193 e. The van der Waals surface area contributed by atoms with E-state index < -0.39 is 0 Å². The van der Waals surface area contributed by atoms with Crippen molar-refractivity contribution in [2.24, 2.45) is 0 Å². The van der Waals surface area contributed by atoms with Crippen LogP contribution in [0.1, 0.15) is 28.4 Å². The lowest BCUT2D eigenvalue weighted by Gasteiger charge is -2.05. The van der Waals surface area contributed by atoms with Gasteiger partial charge in [0.2, 0.25) is 0 Å². The standard InChI is InChI=1S/C16H15ClO/c1-12(17)11-13-7-9-15(10-8-13)16(18)14-5-3-2-4-6-14/h2-10,12H,11H2,1H3. The van der Waals surface area contributed by atoms with Crippen LogP contribution in [0.5, 0.6) is 0 Å². The second-order valence-electron chi connectivity index (χ2n) is 4.38. The van der Waals surface area contributed by atoms with Crippen molar-refractivity contribution in [3.05, 3.63) is 71.3 Å². The van der Waals surface area contributed by atoms with Gasteiger partial charge < -0.3 is 0 Å². The molecular weight excluding hydrogens is 244 g/mol. The normalized spacial score (nSPS) is 12.1. The fourth-order valence-corrected chi connectivity index (χ4v) is 2.05. The molecule has 0 aliphatic heterocycles. The Morgan fingerprint density at radius 2 is 1.56 bits per heavy atom. The molecule has 1 unspecified atom stereocenters. The van der Waals surface area contributed by atoms with E-state index in [1.807, 2.05) is 61.5 Å². The van der Waals surface area contributed by atoms with Crippen LogP contribution in [0.15, 0.2) is 54.6 Å². The zero-order chi connectivity index (χ0) is 13.0. The fourth-order valence-electron chi connectivity index (χ4n) is 1.87. The predicted molar refractivity (Wildman–Crippen MR) is 75.3 cm³/mol. The summed E-state index contributed by atoms with van der Waals surface area (Å²) in [5.41, 5.74) is 2.59. The van der Waals surface area contributed by atoms with E-state index in [9.17, 15) is 4.79 Å². The van der Waals surface area contributed by atoms with E-state index in [0.717, 1.165) is 17.5 Å². The first kappa shape index (κ1) is 12.8. The molecule has 0 saturated heterocycles. The Bertz CT molecular complexity index is 515. The van der Waals surface area contributed by atoms with Gasteiger partial charge in [0.15, 0.2) is 5.78 Å². The van der Waals surface area contributed by atoms with Gasteiger partial charge in [-0.05, 0) is 18.9 Å². The number of hydrogen-bond donors (Lipinski definition) is 0. The molecule has 0 radical (unpaired) electrons. The third-order valence-corrected chi connectivity index (χ3v) is 2.92. The molecule has 0 saturated carbocycles. The number of halogens is 1. The molecule has 1 atom stereocenters. The highest BCUT2D eigenvalue weighted by atomic mass is 35.5. The van der Waals surface area contributed by atoms with Crippen molar-refractivity contribution in [3.63, 3.8) is 0 Å². The SMILES string of the molecule is CC(Cl)Cc1ccc(C(=O)c2ccccc2)cc1. The molecular formula is C16H15ClO. The zero-order valence-electron chi connectivity index (χ0n) is 10.3. The van der Waals surface area contributed by atoms with Crippen LogP contribution in [-0.2, 0) is 6.42 Å². The summed E-state index contributed by atoms with van der Waals surface area (Å²) in [4.78, 5) is 12.2. The maximum absolute atomic E-state index is 12.2. The summed E-state index contributed by atoms with van der Waals surface area (Å²) in [7, 11) is 0. The smallest absolute Gasteiger partial charge is 0.193 e. The molecule has 0 aromatic heterocycles. The van der Waals surface area contributed by atoms with Crippen LogP contribution in [0.4, 0.5) is 0 Å². The second kappa shape index (κ2) is 5.83. The molecule has 1 nitrogen and oxygen atoms in total. The fraction of sp³-hybridized carbons (Fsp3) is 0.188. The molecule has 0 aliphatic rings. The third kappa shape index (κ3) is 3.21. The van der Waals surface area contributed by atoms with Crippen LogP contribution in [0.25, 0.3) is 0 Å². The average Bonchev–Trinajstić information content (AvgIpc) is 2.39. The van der Waals surface area contributed by atoms with Crippen LogP contribution in [0.3, 0.4) is 0 Å². The Kier molecular flexibility index (Phi) is 4.16. The van der Waals surface area contributed by atoms with Crippen molar-refractivity contribution >= 4 is 17.4 Å². The molecule has 92 valence electrons. The number of carbonyl (C=O) groups excluding carboxylic acids is 1. The number of rotatable bonds is 4. The Labute approximate surface area is 112 Å². The minimum absolute atomic E-state index is 0.0565. The van der Waals surface area contributed by atoms with Gasteiger partial charge in [0, 0.05) is 16.5 Å². The summed E-state index contributed by atoms with van der Waals surface area (Å²) in [6.45, 7) is 1.96. The summed E-state index contributed by atoms with van der Waals surface area (Å²) >= 11 is 5.94. The molecule has 2 rings (SSSR count). The van der Waals surface area contributed by atoms with Crippen LogP contribution in [0, 0.1) is 0 Å². The van der Waals surface area contributed by atoms with Crippen LogP contribution >= 0.6 is 11.6 Å². The van der Waals surface area contributed by atoms with Crippen molar-refractivity contribution < 1.29 is 4.79 Å². The van der Waals surface area contributed by atoms with Gasteiger partial charge in [0.05, 0.1) is 0 Å². The van der Waals surface area contributed by atoms with Crippen molar-refractivity contribution in [1.29, 1.82) is 0 Å². The molecule has 0 fully saturated rings. The van der Waals surface area contributed by atoms with Gasteiger partial charge in [0.1, 0.15) is 0 Å². The van der Waals surface area contributed by atoms with Gasteiger partial charge in [-0.1, -0.05) is 54.6 Å². The van der Waals surface area contributed by atoms with Gasteiger partial charge in [-0.25, -0.2) is 0 Å². The van der Waals surface area contributed by atoms with E-state index in [0.29, 0.717) is 5.56 Å². The average molecular weight is 259 g/mol. The van der Waals surface area contributed by atoms with E-state index in [4.69, 9.17) is 11.6 Å². The number of ketones is 1. The molecule has 2 aromatic carbocycles. The zero-order valence-corrected chi connectivity index (χ0v) is 11.0. The van der Waals surface area contributed by atoms with Gasteiger partial charge >= 0.3 is 0 Å². The number of carbonyl (C=O) groups is 1. The van der Waals surface area contributed by atoms with Crippen LogP contribution in [0.2, 0.25) is 0 Å². The minimum atomic E-state index is 0.0565. The van der Waals surface area contributed by atoms with Gasteiger partial charge in [-0.3, -0.25) is 4.79 Å². The van der Waals surface area contributed by atoms with Gasteiger partial charge in [-0.2, -0.15) is 0 Å². The Morgan fingerprint density at radius 1 is 1.00 bits per heavy atom. The highest BCUT2D eigenvalue weighted by molar-refractivity contribution is 6.20. The largest absolute Gasteiger partial charge is 0.289 e. The van der Waals surface area contributed by atoms with E-state index in [-0.39, 0.29) is 11.2 Å². The molecule has 0 N–H and O–H groups in total. The Hall–Kier alpha value is -1.60. The highest BCUT2D eigenvalue weighted by Gasteiger charge is 2.08. The number of alkyl halides is 1. The molecule has 0 aliphatic carbocycles. The topological polar surface area (TPSA) is 17.1 Å². The minimum Gasteiger partial charge on any atom is -0.289 e. The Morgan fingerprint density at radius 3 is 2.11 bits per heavy atom. The first-order valence-electron chi connectivity index (χ1n) is 5.99. The summed E-state index contributed by atoms with van der Waals surface area (Å²) in [6, 6.07) is 17.0. The molecule has 2 heteroatoms. The van der Waals surface area contributed by atoms with E-state index in [1.165, 1.54) is 0 Å². The molecule has 0 bridgehead atoms.